The van der Waals surface area contributed by atoms with Crippen molar-refractivity contribution in [3.05, 3.63) is 0 Å². The molecule has 2 aliphatic heterocycles. The lowest BCUT2D eigenvalue weighted by atomic mass is 9.81. The van der Waals surface area contributed by atoms with E-state index in [9.17, 15) is 9.59 Å². The zero-order valence-corrected chi connectivity index (χ0v) is 16.4. The lowest BCUT2D eigenvalue weighted by molar-refractivity contribution is -0.143. The number of rotatable bonds is 8. The lowest BCUT2D eigenvalue weighted by Gasteiger charge is -2.39. The van der Waals surface area contributed by atoms with E-state index >= 15 is 0 Å². The third kappa shape index (κ3) is 5.44. The molecule has 5 heteroatoms. The van der Waals surface area contributed by atoms with Gasteiger partial charge in [-0.15, -0.1) is 0 Å². The van der Waals surface area contributed by atoms with Gasteiger partial charge in [0, 0.05) is 31.0 Å². The predicted molar refractivity (Wildman–Crippen MR) is 101 cm³/mol. The van der Waals surface area contributed by atoms with Crippen molar-refractivity contribution in [3.63, 3.8) is 0 Å². The molecule has 5 nitrogen and oxygen atoms in total. The molecule has 0 radical (unpaired) electrons. The van der Waals surface area contributed by atoms with E-state index in [0.29, 0.717) is 18.4 Å². The zero-order valence-electron chi connectivity index (χ0n) is 16.4. The van der Waals surface area contributed by atoms with Crippen molar-refractivity contribution in [2.45, 2.75) is 71.8 Å². The molecule has 0 aromatic carbocycles. The second-order valence-corrected chi connectivity index (χ2v) is 8.33. The molecule has 2 saturated heterocycles. The van der Waals surface area contributed by atoms with Crippen LogP contribution in [0.3, 0.4) is 0 Å². The lowest BCUT2D eigenvalue weighted by Crippen LogP contribution is -2.49. The van der Waals surface area contributed by atoms with Crippen LogP contribution in [0, 0.1) is 17.8 Å². The number of carbonyl (C=O) groups is 2. The second kappa shape index (κ2) is 9.56. The number of likely N-dealkylation sites (tertiary alicyclic amines) is 2. The topological polar surface area (TPSA) is 66.6 Å². The van der Waals surface area contributed by atoms with E-state index in [1.807, 2.05) is 11.8 Å². The maximum atomic E-state index is 13.2. The van der Waals surface area contributed by atoms with Crippen molar-refractivity contribution in [2.24, 2.45) is 23.5 Å². The van der Waals surface area contributed by atoms with Gasteiger partial charge < -0.3 is 15.5 Å². The van der Waals surface area contributed by atoms with Gasteiger partial charge in [-0.3, -0.25) is 9.59 Å². The molecule has 0 saturated carbocycles. The van der Waals surface area contributed by atoms with Gasteiger partial charge >= 0.3 is 0 Å². The van der Waals surface area contributed by atoms with Crippen LogP contribution in [0.2, 0.25) is 0 Å². The molecule has 2 aliphatic rings. The molecule has 2 fully saturated rings. The molecule has 0 bridgehead atoms. The van der Waals surface area contributed by atoms with Crippen LogP contribution < -0.4 is 5.73 Å². The molecule has 2 amide bonds. The summed E-state index contributed by atoms with van der Waals surface area (Å²) in [4.78, 5) is 29.8. The highest BCUT2D eigenvalue weighted by atomic mass is 16.2. The fraction of sp³-hybridized carbons (Fsp3) is 0.900. The summed E-state index contributed by atoms with van der Waals surface area (Å²) < 4.78 is 0. The van der Waals surface area contributed by atoms with Gasteiger partial charge in [0.05, 0.1) is 0 Å². The highest BCUT2D eigenvalue weighted by molar-refractivity contribution is 5.87. The maximum Gasteiger partial charge on any atom is 0.226 e. The first kappa shape index (κ1) is 20.2. The van der Waals surface area contributed by atoms with Gasteiger partial charge in [0.1, 0.15) is 0 Å². The minimum Gasteiger partial charge on any atom is -0.369 e. The number of hydrogen-bond acceptors (Lipinski definition) is 3. The van der Waals surface area contributed by atoms with Crippen LogP contribution in [0.1, 0.15) is 65.7 Å². The Morgan fingerprint density at radius 3 is 2.12 bits per heavy atom. The van der Waals surface area contributed by atoms with Crippen LogP contribution >= 0.6 is 0 Å². The number of primary amides is 1. The Kier molecular flexibility index (Phi) is 7.73. The number of nitrogens with zero attached hydrogens (tertiary/aromatic N) is 2. The third-order valence-electron chi connectivity index (χ3n) is 5.93. The molecule has 25 heavy (non-hydrogen) atoms. The molecule has 144 valence electrons. The molecule has 2 rings (SSSR count). The predicted octanol–water partition coefficient (Wildman–Crippen LogP) is 2.64. The average molecular weight is 352 g/mol. The number of piperidine rings is 1. The largest absolute Gasteiger partial charge is 0.369 e. The first-order valence-corrected chi connectivity index (χ1v) is 10.3. The normalized spacial score (nSPS) is 22.3. The summed E-state index contributed by atoms with van der Waals surface area (Å²) in [6, 6.07) is 0.637. The maximum absolute atomic E-state index is 13.2. The van der Waals surface area contributed by atoms with E-state index in [4.69, 9.17) is 5.73 Å². The van der Waals surface area contributed by atoms with Crippen LogP contribution in [-0.2, 0) is 9.59 Å². The van der Waals surface area contributed by atoms with Crippen molar-refractivity contribution >= 4 is 11.8 Å². The van der Waals surface area contributed by atoms with Gasteiger partial charge in [-0.1, -0.05) is 27.2 Å². The molecule has 0 aliphatic carbocycles. The first-order chi connectivity index (χ1) is 11.9. The summed E-state index contributed by atoms with van der Waals surface area (Å²) >= 11 is 0. The summed E-state index contributed by atoms with van der Waals surface area (Å²) in [6.07, 6.45) is 7.10. The first-order valence-electron chi connectivity index (χ1n) is 10.3. The fourth-order valence-electron chi connectivity index (χ4n) is 4.59. The number of amides is 2. The van der Waals surface area contributed by atoms with Gasteiger partial charge in [0.2, 0.25) is 11.8 Å². The molecule has 2 unspecified atom stereocenters. The monoisotopic (exact) mass is 351 g/mol. The summed E-state index contributed by atoms with van der Waals surface area (Å²) in [5.74, 6) is -0.342. The quantitative estimate of drug-likeness (QED) is 0.731. The fourth-order valence-corrected chi connectivity index (χ4v) is 4.59. The Hall–Kier alpha value is -1.10. The van der Waals surface area contributed by atoms with E-state index in [-0.39, 0.29) is 23.7 Å². The van der Waals surface area contributed by atoms with Gasteiger partial charge in [-0.05, 0) is 57.5 Å². The zero-order chi connectivity index (χ0) is 18.4. The van der Waals surface area contributed by atoms with Crippen molar-refractivity contribution < 1.29 is 9.59 Å². The minimum absolute atomic E-state index is 0.158. The van der Waals surface area contributed by atoms with Crippen LogP contribution in [-0.4, -0.2) is 53.8 Å². The van der Waals surface area contributed by atoms with Gasteiger partial charge in [0.15, 0.2) is 0 Å². The molecule has 0 spiro atoms. The number of hydrogen-bond donors (Lipinski definition) is 1. The molecule has 2 heterocycles. The van der Waals surface area contributed by atoms with Crippen molar-refractivity contribution in [2.75, 3.05) is 26.2 Å². The number of nitrogens with two attached hydrogens (primary N) is 1. The Bertz CT molecular complexity index is 438. The summed E-state index contributed by atoms with van der Waals surface area (Å²) in [6.45, 7) is 10.4. The third-order valence-corrected chi connectivity index (χ3v) is 5.93. The minimum atomic E-state index is -0.323. The van der Waals surface area contributed by atoms with E-state index in [2.05, 4.69) is 18.7 Å². The van der Waals surface area contributed by atoms with E-state index < -0.39 is 0 Å². The molecule has 0 aromatic heterocycles. The Morgan fingerprint density at radius 2 is 1.64 bits per heavy atom. The van der Waals surface area contributed by atoms with Crippen molar-refractivity contribution in [3.8, 4) is 0 Å². The van der Waals surface area contributed by atoms with Crippen LogP contribution in [0.5, 0.6) is 0 Å². The summed E-state index contributed by atoms with van der Waals surface area (Å²) in [5.41, 5.74) is 5.66. The Morgan fingerprint density at radius 1 is 1.04 bits per heavy atom. The highest BCUT2D eigenvalue weighted by Gasteiger charge is 2.37. The summed E-state index contributed by atoms with van der Waals surface area (Å²) in [5, 5.41) is 0. The smallest absolute Gasteiger partial charge is 0.226 e. The highest BCUT2D eigenvalue weighted by Crippen LogP contribution is 2.29. The number of carbonyl (C=O) groups excluding carboxylic acids is 2. The Balaban J connectivity index is 1.99. The molecule has 0 aromatic rings. The molecule has 2 atom stereocenters. The Labute approximate surface area is 153 Å². The van der Waals surface area contributed by atoms with E-state index in [1.165, 1.54) is 25.9 Å². The van der Waals surface area contributed by atoms with Crippen LogP contribution in [0.4, 0.5) is 0 Å². The summed E-state index contributed by atoms with van der Waals surface area (Å²) in [7, 11) is 0. The second-order valence-electron chi connectivity index (χ2n) is 8.33. The van der Waals surface area contributed by atoms with E-state index in [0.717, 1.165) is 38.8 Å². The van der Waals surface area contributed by atoms with Gasteiger partial charge in [-0.2, -0.15) is 0 Å². The van der Waals surface area contributed by atoms with Crippen molar-refractivity contribution in [1.29, 1.82) is 0 Å². The molecular formula is C20H37N3O2. The average Bonchev–Trinajstić information content (AvgIpc) is 3.11. The molecular weight excluding hydrogens is 314 g/mol. The van der Waals surface area contributed by atoms with Crippen molar-refractivity contribution in [1.82, 2.24) is 9.80 Å². The van der Waals surface area contributed by atoms with Crippen LogP contribution in [0.15, 0.2) is 0 Å². The van der Waals surface area contributed by atoms with Gasteiger partial charge in [0.25, 0.3) is 0 Å². The van der Waals surface area contributed by atoms with Crippen LogP contribution in [0.25, 0.3) is 0 Å². The molecule has 2 N–H and O–H groups in total. The standard InChI is InChI=1S/C20H37N3O2/c1-4-7-17(19(21)24)18(14-15(2)3)20(25)23-12-8-16(9-13-23)22-10-5-6-11-22/h15-18H,4-14H2,1-3H3,(H2,21,24). The van der Waals surface area contributed by atoms with Gasteiger partial charge in [-0.25, -0.2) is 0 Å². The van der Waals surface area contributed by atoms with E-state index in [1.54, 1.807) is 0 Å². The SMILES string of the molecule is CCCC(C(N)=O)C(CC(C)C)C(=O)N1CCC(N2CCCC2)CC1.